The average Bonchev–Trinajstić information content (AvgIpc) is 2.61. The Morgan fingerprint density at radius 2 is 1.06 bits per heavy atom. The molecule has 1 aliphatic carbocycles. The van der Waals surface area contributed by atoms with Gasteiger partial charge in [0.15, 0.2) is 0 Å². The molecule has 0 bridgehead atoms. The van der Waals surface area contributed by atoms with Crippen LogP contribution in [0.4, 0.5) is 0 Å². The minimum atomic E-state index is 0.645. The molecule has 1 aliphatic rings. The first-order valence-electron chi connectivity index (χ1n) is 4.41. The molecule has 0 spiro atoms. The van der Waals surface area contributed by atoms with Crippen molar-refractivity contribution in [1.29, 1.82) is 0 Å². The van der Waals surface area contributed by atoms with E-state index in [-0.39, 0.29) is 0 Å². The van der Waals surface area contributed by atoms with Gasteiger partial charge in [-0.3, -0.25) is 0 Å². The van der Waals surface area contributed by atoms with Gasteiger partial charge < -0.3 is 0 Å². The van der Waals surface area contributed by atoms with E-state index in [1.807, 2.05) is 17.3 Å². The first kappa shape index (κ1) is 22.8. The average molecular weight is 362 g/mol. The Kier molecular flexibility index (Phi) is 19.8. The third kappa shape index (κ3) is 6.99. The molecular weight excluding hydrogens is 348 g/mol. The fraction of sp³-hybridized carbons (Fsp3) is 0.417. The molecule has 0 aromatic rings. The van der Waals surface area contributed by atoms with Crippen LogP contribution >= 0.6 is 21.3 Å². The Balaban J connectivity index is -0.000000285. The van der Waals surface area contributed by atoms with Gasteiger partial charge in [0.05, 0.1) is 0 Å². The van der Waals surface area contributed by atoms with Gasteiger partial charge in [-0.2, -0.15) is 0 Å². The molecule has 1 saturated carbocycles. The fourth-order valence-corrected chi connectivity index (χ4v) is 1.90. The molecule has 0 aliphatic heterocycles. The summed E-state index contributed by atoms with van der Waals surface area (Å²) in [6, 6.07) is 0. The van der Waals surface area contributed by atoms with Gasteiger partial charge in [0.2, 0.25) is 0 Å². The van der Waals surface area contributed by atoms with E-state index in [1.54, 1.807) is 0 Å². The second-order valence-corrected chi connectivity index (χ2v) is 3.38. The van der Waals surface area contributed by atoms with Crippen LogP contribution in [0.25, 0.3) is 0 Å². The Morgan fingerprint density at radius 3 is 1.18 bits per heavy atom. The van der Waals surface area contributed by atoms with Gasteiger partial charge in [0.25, 0.3) is 0 Å². The molecule has 0 atom stereocenters. The summed E-state index contributed by atoms with van der Waals surface area (Å²) in [4.78, 5) is 0. The number of alkyl halides is 1. The predicted molar refractivity (Wildman–Crippen MR) is 63.3 cm³/mol. The molecule has 0 saturated heterocycles. The van der Waals surface area contributed by atoms with Crippen molar-refractivity contribution in [2.75, 3.05) is 5.88 Å². The van der Waals surface area contributed by atoms with Crippen LogP contribution in [-0.2, 0) is 26.6 Å². The van der Waals surface area contributed by atoms with E-state index < -0.39 is 0 Å². The van der Waals surface area contributed by atoms with E-state index in [2.05, 4.69) is 50.7 Å². The molecule has 1 fully saturated rings. The van der Waals surface area contributed by atoms with E-state index in [0.717, 1.165) is 0 Å². The normalized spacial score (nSPS) is 18.1. The van der Waals surface area contributed by atoms with Crippen LogP contribution in [0.15, 0.2) is 0 Å². The van der Waals surface area contributed by atoms with E-state index in [1.165, 1.54) is 29.6 Å². The zero-order chi connectivity index (χ0) is 14.6. The van der Waals surface area contributed by atoms with Crippen LogP contribution in [0.1, 0.15) is 27.7 Å². The van der Waals surface area contributed by atoms with Crippen LogP contribution in [0.5, 0.6) is 0 Å². The summed E-state index contributed by atoms with van der Waals surface area (Å²) in [6.45, 7) is 17.6. The zero-order valence-electron chi connectivity index (χ0n) is 10.1. The van der Waals surface area contributed by atoms with Crippen molar-refractivity contribution in [2.24, 2.45) is 0 Å². The second-order valence-electron chi connectivity index (χ2n) is 3.11. The second kappa shape index (κ2) is 14.7. The van der Waals surface area contributed by atoms with Crippen LogP contribution in [0.3, 0.4) is 0 Å². The fourth-order valence-electron chi connectivity index (χ4n) is 1.50. The van der Waals surface area contributed by atoms with Gasteiger partial charge in [-0.1, -0.05) is 27.7 Å². The molecule has 17 heavy (non-hydrogen) atoms. The molecule has 1 rings (SSSR count). The van der Waals surface area contributed by atoms with Gasteiger partial charge in [0, 0.05) is 11.8 Å². The maximum absolute atomic E-state index is 7.50. The molecule has 2 nitrogen and oxygen atoms in total. The quantitative estimate of drug-likeness (QED) is 0.295. The summed E-state index contributed by atoms with van der Waals surface area (Å²) < 4.78 is 15.0. The molecule has 0 N–H and O–H groups in total. The first-order valence-corrected chi connectivity index (χ1v) is 7.19. The third-order valence-electron chi connectivity index (χ3n) is 2.73. The topological polar surface area (TPSA) is 39.8 Å². The van der Waals surface area contributed by atoms with Crippen molar-refractivity contribution >= 4 is 21.3 Å². The Hall–Kier alpha value is 0.683. The first-order chi connectivity index (χ1) is 8.09. The summed E-state index contributed by atoms with van der Waals surface area (Å²) in [7, 11) is 4.57. The standard InChI is InChI=1S/C10H14Cl.2CO.ClH.Ru/c1-6-7(2)9(4)10(5-11)8(6)3;2*1-2;;/h5H2,1-4H3;;;1H;/q;;;;+2/p-1. The van der Waals surface area contributed by atoms with Crippen molar-refractivity contribution in [3.05, 3.63) is 42.9 Å². The number of halogens is 2. The predicted octanol–water partition coefficient (Wildman–Crippen LogP) is 3.80. The summed E-state index contributed by atoms with van der Waals surface area (Å²) in [5.74, 6) is 7.51. The van der Waals surface area contributed by atoms with Crippen LogP contribution in [-0.4, -0.2) is 5.88 Å². The van der Waals surface area contributed by atoms with E-state index in [0.29, 0.717) is 5.88 Å². The van der Waals surface area contributed by atoms with E-state index in [9.17, 15) is 0 Å². The van der Waals surface area contributed by atoms with Crippen molar-refractivity contribution < 1.29 is 26.6 Å². The van der Waals surface area contributed by atoms with Gasteiger partial charge in [0.1, 0.15) is 0 Å². The van der Waals surface area contributed by atoms with Crippen molar-refractivity contribution in [1.82, 2.24) is 0 Å². The summed E-state index contributed by atoms with van der Waals surface area (Å²) >= 11 is 7.64. The van der Waals surface area contributed by atoms with Crippen LogP contribution in [0.2, 0.25) is 0 Å². The molecule has 0 unspecified atom stereocenters. The third-order valence-corrected chi connectivity index (χ3v) is 2.99. The SMILES string of the molecule is C[C]1[C](C)[C](C)[C](CCl)[C]1C.[C-]#[O+].[C-]#[O+].[Cl][Ru+]. The van der Waals surface area contributed by atoms with Crippen molar-refractivity contribution in [2.45, 2.75) is 27.7 Å². The van der Waals surface area contributed by atoms with Gasteiger partial charge in [-0.05, 0) is 23.7 Å². The van der Waals surface area contributed by atoms with Gasteiger partial charge in [-0.15, -0.1) is 11.6 Å². The molecular formula is C12H14Cl2O2Ru+. The number of hydrogen-bond donors (Lipinski definition) is 0. The molecule has 0 aromatic heterocycles. The Labute approximate surface area is 124 Å². The Morgan fingerprint density at radius 1 is 0.824 bits per heavy atom. The Bertz CT molecular complexity index is 189. The van der Waals surface area contributed by atoms with E-state index >= 15 is 0 Å². The molecule has 0 heterocycles. The summed E-state index contributed by atoms with van der Waals surface area (Å²) in [5, 5.41) is 0. The van der Waals surface area contributed by atoms with Gasteiger partial charge >= 0.3 is 49.6 Å². The molecule has 0 aromatic carbocycles. The summed E-state index contributed by atoms with van der Waals surface area (Å²) in [5.41, 5.74) is 0. The zero-order valence-corrected chi connectivity index (χ0v) is 13.4. The van der Waals surface area contributed by atoms with Crippen LogP contribution < -0.4 is 0 Å². The molecule has 5 radical (unpaired) electrons. The number of hydrogen-bond acceptors (Lipinski definition) is 0. The molecule has 0 amide bonds. The molecule has 5 heteroatoms. The van der Waals surface area contributed by atoms with Gasteiger partial charge in [-0.25, -0.2) is 0 Å². The molecule has 95 valence electrons. The summed E-state index contributed by atoms with van der Waals surface area (Å²) in [6.07, 6.45) is 0. The number of rotatable bonds is 1. The monoisotopic (exact) mass is 362 g/mol. The van der Waals surface area contributed by atoms with Crippen LogP contribution in [0, 0.1) is 42.9 Å². The maximum atomic E-state index is 7.50. The van der Waals surface area contributed by atoms with Crippen molar-refractivity contribution in [3.63, 3.8) is 0 Å². The van der Waals surface area contributed by atoms with E-state index in [4.69, 9.17) is 20.9 Å². The minimum absolute atomic E-state index is 0.645. The van der Waals surface area contributed by atoms with Crippen molar-refractivity contribution in [3.8, 4) is 0 Å².